The first-order valence-electron chi connectivity index (χ1n) is 7.20. The first-order chi connectivity index (χ1) is 11.5. The molecular formula is C17H13BrFN3O2. The third-order valence-electron chi connectivity index (χ3n) is 3.62. The van der Waals surface area contributed by atoms with Gasteiger partial charge in [-0.2, -0.15) is 0 Å². The van der Waals surface area contributed by atoms with E-state index in [1.807, 2.05) is 16.8 Å². The first-order valence-corrected chi connectivity index (χ1v) is 7.99. The Labute approximate surface area is 146 Å². The van der Waals surface area contributed by atoms with Gasteiger partial charge < -0.3 is 4.57 Å². The first kappa shape index (κ1) is 16.3. The van der Waals surface area contributed by atoms with Crippen molar-refractivity contribution in [3.05, 3.63) is 92.2 Å². The van der Waals surface area contributed by atoms with Crippen LogP contribution in [0.25, 0.3) is 0 Å². The zero-order valence-corrected chi connectivity index (χ0v) is 14.1. The van der Waals surface area contributed by atoms with Gasteiger partial charge in [0.25, 0.3) is 5.69 Å². The summed E-state index contributed by atoms with van der Waals surface area (Å²) in [6, 6.07) is 11.4. The fraction of sp³-hybridized carbons (Fsp3) is 0.118. The largest absolute Gasteiger partial charge is 0.330 e. The number of imidazole rings is 1. The van der Waals surface area contributed by atoms with Crippen LogP contribution in [-0.4, -0.2) is 14.5 Å². The van der Waals surface area contributed by atoms with E-state index in [9.17, 15) is 14.5 Å². The second kappa shape index (κ2) is 6.92. The highest BCUT2D eigenvalue weighted by Gasteiger charge is 2.10. The van der Waals surface area contributed by atoms with E-state index in [0.29, 0.717) is 17.4 Å². The van der Waals surface area contributed by atoms with Gasteiger partial charge >= 0.3 is 0 Å². The van der Waals surface area contributed by atoms with Gasteiger partial charge in [-0.05, 0) is 39.2 Å². The van der Waals surface area contributed by atoms with Gasteiger partial charge in [-0.1, -0.05) is 18.2 Å². The predicted octanol–water partition coefficient (Wildman–Crippen LogP) is 4.33. The van der Waals surface area contributed by atoms with Crippen LogP contribution in [0.5, 0.6) is 0 Å². The Bertz CT molecular complexity index is 895. The maximum absolute atomic E-state index is 13.3. The van der Waals surface area contributed by atoms with Gasteiger partial charge in [0.1, 0.15) is 11.6 Å². The SMILES string of the molecule is O=[N+]([O-])c1cccc(Cc2nccn2Cc2ccc(F)c(Br)c2)c1. The Balaban J connectivity index is 1.81. The lowest BCUT2D eigenvalue weighted by Crippen LogP contribution is -2.05. The van der Waals surface area contributed by atoms with Crippen molar-refractivity contribution in [2.45, 2.75) is 13.0 Å². The number of non-ortho nitro benzene ring substituents is 1. The fourth-order valence-corrected chi connectivity index (χ4v) is 2.87. The number of halogens is 2. The van der Waals surface area contributed by atoms with Crippen molar-refractivity contribution in [1.82, 2.24) is 9.55 Å². The topological polar surface area (TPSA) is 61.0 Å². The van der Waals surface area contributed by atoms with E-state index in [1.54, 1.807) is 30.5 Å². The Hall–Kier alpha value is -2.54. The fourth-order valence-electron chi connectivity index (χ4n) is 2.45. The maximum atomic E-state index is 13.3. The number of hydrogen-bond acceptors (Lipinski definition) is 3. The molecule has 0 N–H and O–H groups in total. The van der Waals surface area contributed by atoms with Crippen molar-refractivity contribution in [2.24, 2.45) is 0 Å². The van der Waals surface area contributed by atoms with Crippen LogP contribution >= 0.6 is 15.9 Å². The zero-order valence-electron chi connectivity index (χ0n) is 12.5. The highest BCUT2D eigenvalue weighted by molar-refractivity contribution is 9.10. The number of benzene rings is 2. The van der Waals surface area contributed by atoms with Gasteiger partial charge in [-0.15, -0.1) is 0 Å². The molecule has 0 aliphatic carbocycles. The number of aromatic nitrogens is 2. The average molecular weight is 390 g/mol. The average Bonchev–Trinajstić information content (AvgIpc) is 2.98. The highest BCUT2D eigenvalue weighted by atomic mass is 79.9. The summed E-state index contributed by atoms with van der Waals surface area (Å²) in [5.74, 6) is 0.483. The molecule has 0 amide bonds. The molecule has 0 aliphatic heterocycles. The highest BCUT2D eigenvalue weighted by Crippen LogP contribution is 2.19. The molecule has 24 heavy (non-hydrogen) atoms. The standard InChI is InChI=1S/C17H13BrFN3O2/c18-15-9-13(4-5-16(15)19)11-21-7-6-20-17(21)10-12-2-1-3-14(8-12)22(23)24/h1-9H,10-11H2. The summed E-state index contributed by atoms with van der Waals surface area (Å²) >= 11 is 3.18. The monoisotopic (exact) mass is 389 g/mol. The van der Waals surface area contributed by atoms with Gasteiger partial charge in [-0.25, -0.2) is 9.37 Å². The summed E-state index contributed by atoms with van der Waals surface area (Å²) in [5.41, 5.74) is 1.81. The van der Waals surface area contributed by atoms with E-state index < -0.39 is 4.92 Å². The number of nitrogens with zero attached hydrogens (tertiary/aromatic N) is 3. The van der Waals surface area contributed by atoms with E-state index >= 15 is 0 Å². The summed E-state index contributed by atoms with van der Waals surface area (Å²) in [7, 11) is 0. The Morgan fingerprint density at radius 1 is 1.21 bits per heavy atom. The third kappa shape index (κ3) is 3.68. The molecule has 2 aromatic carbocycles. The Kier molecular flexibility index (Phi) is 4.71. The molecule has 1 aromatic heterocycles. The van der Waals surface area contributed by atoms with Gasteiger partial charge in [-0.3, -0.25) is 10.1 Å². The molecule has 5 nitrogen and oxygen atoms in total. The predicted molar refractivity (Wildman–Crippen MR) is 91.3 cm³/mol. The maximum Gasteiger partial charge on any atom is 0.269 e. The van der Waals surface area contributed by atoms with Crippen LogP contribution in [0.3, 0.4) is 0 Å². The molecule has 0 fully saturated rings. The molecule has 122 valence electrons. The van der Waals surface area contributed by atoms with Crippen LogP contribution in [0, 0.1) is 15.9 Å². The van der Waals surface area contributed by atoms with Crippen LogP contribution in [0.4, 0.5) is 10.1 Å². The minimum absolute atomic E-state index is 0.0630. The number of nitro groups is 1. The van der Waals surface area contributed by atoms with Crippen LogP contribution in [-0.2, 0) is 13.0 Å². The number of nitro benzene ring substituents is 1. The van der Waals surface area contributed by atoms with Crippen LogP contribution in [0.1, 0.15) is 17.0 Å². The van der Waals surface area contributed by atoms with Crippen molar-refractivity contribution in [1.29, 1.82) is 0 Å². The Morgan fingerprint density at radius 3 is 2.79 bits per heavy atom. The molecule has 3 aromatic rings. The zero-order chi connectivity index (χ0) is 17.1. The molecule has 0 atom stereocenters. The Morgan fingerprint density at radius 2 is 2.04 bits per heavy atom. The van der Waals surface area contributed by atoms with Crippen LogP contribution in [0.15, 0.2) is 59.3 Å². The second-order valence-corrected chi connectivity index (χ2v) is 6.18. The molecule has 3 rings (SSSR count). The van der Waals surface area contributed by atoms with E-state index in [2.05, 4.69) is 20.9 Å². The summed E-state index contributed by atoms with van der Waals surface area (Å²) in [5, 5.41) is 10.9. The van der Waals surface area contributed by atoms with Crippen molar-refractivity contribution in [3.8, 4) is 0 Å². The lowest BCUT2D eigenvalue weighted by molar-refractivity contribution is -0.384. The summed E-state index contributed by atoms with van der Waals surface area (Å²) < 4.78 is 15.7. The smallest absolute Gasteiger partial charge is 0.269 e. The lowest BCUT2D eigenvalue weighted by Gasteiger charge is -2.09. The van der Waals surface area contributed by atoms with Gasteiger partial charge in [0.05, 0.1) is 9.40 Å². The van der Waals surface area contributed by atoms with Crippen LogP contribution < -0.4 is 0 Å². The minimum atomic E-state index is -0.411. The quantitative estimate of drug-likeness (QED) is 0.481. The molecule has 0 radical (unpaired) electrons. The van der Waals surface area contributed by atoms with E-state index in [0.717, 1.165) is 17.0 Å². The van der Waals surface area contributed by atoms with E-state index in [4.69, 9.17) is 0 Å². The molecule has 0 spiro atoms. The molecule has 0 bridgehead atoms. The van der Waals surface area contributed by atoms with Gasteiger partial charge in [0.2, 0.25) is 0 Å². The third-order valence-corrected chi connectivity index (χ3v) is 4.23. The van der Waals surface area contributed by atoms with Crippen molar-refractivity contribution >= 4 is 21.6 Å². The number of rotatable bonds is 5. The molecular weight excluding hydrogens is 377 g/mol. The minimum Gasteiger partial charge on any atom is -0.330 e. The molecule has 0 unspecified atom stereocenters. The summed E-state index contributed by atoms with van der Waals surface area (Å²) in [6.45, 7) is 0.545. The van der Waals surface area contributed by atoms with E-state index in [-0.39, 0.29) is 11.5 Å². The van der Waals surface area contributed by atoms with Crippen molar-refractivity contribution in [3.63, 3.8) is 0 Å². The molecule has 0 saturated carbocycles. The molecule has 7 heteroatoms. The second-order valence-electron chi connectivity index (χ2n) is 5.32. The number of hydrogen-bond donors (Lipinski definition) is 0. The van der Waals surface area contributed by atoms with Crippen molar-refractivity contribution in [2.75, 3.05) is 0 Å². The van der Waals surface area contributed by atoms with E-state index in [1.165, 1.54) is 12.1 Å². The van der Waals surface area contributed by atoms with Crippen molar-refractivity contribution < 1.29 is 9.31 Å². The lowest BCUT2D eigenvalue weighted by atomic mass is 10.1. The molecule has 0 aliphatic rings. The summed E-state index contributed by atoms with van der Waals surface area (Å²) in [4.78, 5) is 14.8. The van der Waals surface area contributed by atoms with Gasteiger partial charge in [0, 0.05) is 37.5 Å². The van der Waals surface area contributed by atoms with Crippen LogP contribution in [0.2, 0.25) is 0 Å². The molecule has 1 heterocycles. The molecule has 0 saturated heterocycles. The summed E-state index contributed by atoms with van der Waals surface area (Å²) in [6.07, 6.45) is 4.01. The van der Waals surface area contributed by atoms with Gasteiger partial charge in [0.15, 0.2) is 0 Å². The normalized spacial score (nSPS) is 10.8.